The summed E-state index contributed by atoms with van der Waals surface area (Å²) in [6.45, 7) is 5.49. The molecule has 0 aliphatic carbocycles. The minimum atomic E-state index is -4.54. The Balaban J connectivity index is 2.07. The Morgan fingerprint density at radius 2 is 1.68 bits per heavy atom. The predicted molar refractivity (Wildman–Crippen MR) is 101 cm³/mol. The fourth-order valence-corrected chi connectivity index (χ4v) is 3.20. The van der Waals surface area contributed by atoms with Crippen LogP contribution in [0.3, 0.4) is 0 Å². The molecule has 0 atom stereocenters. The van der Waals surface area contributed by atoms with Gasteiger partial charge in [-0.2, -0.15) is 18.3 Å². The number of hydrogen-bond acceptors (Lipinski definition) is 3. The summed E-state index contributed by atoms with van der Waals surface area (Å²) >= 11 is 0. The van der Waals surface area contributed by atoms with Crippen molar-refractivity contribution in [1.82, 2.24) is 19.7 Å². The van der Waals surface area contributed by atoms with Crippen molar-refractivity contribution < 1.29 is 13.2 Å². The fourth-order valence-electron chi connectivity index (χ4n) is 3.20. The summed E-state index contributed by atoms with van der Waals surface area (Å²) in [5, 5.41) is 4.38. The molecule has 28 heavy (non-hydrogen) atoms. The molecule has 0 saturated heterocycles. The summed E-state index contributed by atoms with van der Waals surface area (Å²) in [7, 11) is 0. The number of benzene rings is 1. The van der Waals surface area contributed by atoms with Gasteiger partial charge in [-0.25, -0.2) is 9.67 Å². The zero-order valence-electron chi connectivity index (χ0n) is 15.5. The van der Waals surface area contributed by atoms with Gasteiger partial charge in [0.2, 0.25) is 0 Å². The summed E-state index contributed by atoms with van der Waals surface area (Å²) in [5.41, 5.74) is 3.00. The van der Waals surface area contributed by atoms with Crippen LogP contribution in [0.1, 0.15) is 22.4 Å². The third-order valence-corrected chi connectivity index (χ3v) is 4.78. The number of fused-ring (bicyclic) bond motifs is 1. The maximum Gasteiger partial charge on any atom is 0.417 e. The lowest BCUT2D eigenvalue weighted by Crippen LogP contribution is -2.08. The molecule has 0 aliphatic rings. The van der Waals surface area contributed by atoms with Crippen LogP contribution in [0, 0.1) is 20.8 Å². The number of rotatable bonds is 2. The average Bonchev–Trinajstić information content (AvgIpc) is 3.00. The summed E-state index contributed by atoms with van der Waals surface area (Å²) in [6.07, 6.45) is -3.01. The molecule has 0 spiro atoms. The molecule has 0 fully saturated rings. The van der Waals surface area contributed by atoms with Crippen molar-refractivity contribution in [2.45, 2.75) is 26.9 Å². The van der Waals surface area contributed by atoms with E-state index in [0.29, 0.717) is 11.4 Å². The van der Waals surface area contributed by atoms with E-state index in [4.69, 9.17) is 0 Å². The molecule has 4 nitrogen and oxygen atoms in total. The minimum Gasteiger partial charge on any atom is -0.255 e. The van der Waals surface area contributed by atoms with E-state index < -0.39 is 11.7 Å². The number of hydrogen-bond donors (Lipinski definition) is 0. The topological polar surface area (TPSA) is 43.6 Å². The molecule has 0 radical (unpaired) electrons. The average molecular weight is 382 g/mol. The Labute approximate surface area is 159 Å². The molecule has 142 valence electrons. The van der Waals surface area contributed by atoms with E-state index in [2.05, 4.69) is 15.1 Å². The first-order valence-electron chi connectivity index (χ1n) is 8.72. The Kier molecular flexibility index (Phi) is 4.18. The van der Waals surface area contributed by atoms with Crippen molar-refractivity contribution in [3.05, 3.63) is 71.0 Å². The zero-order valence-corrected chi connectivity index (χ0v) is 15.5. The van der Waals surface area contributed by atoms with Crippen LogP contribution >= 0.6 is 0 Å². The lowest BCUT2D eigenvalue weighted by molar-refractivity contribution is -0.136. The van der Waals surface area contributed by atoms with Crippen molar-refractivity contribution in [1.29, 1.82) is 0 Å². The molecule has 4 rings (SSSR count). The molecular formula is C21H17F3N4. The van der Waals surface area contributed by atoms with Crippen molar-refractivity contribution in [2.75, 3.05) is 0 Å². The molecule has 0 saturated carbocycles. The van der Waals surface area contributed by atoms with Crippen LogP contribution < -0.4 is 0 Å². The number of alkyl halides is 3. The molecule has 3 aromatic heterocycles. The van der Waals surface area contributed by atoms with E-state index in [1.165, 1.54) is 10.9 Å². The Morgan fingerprint density at radius 1 is 0.893 bits per heavy atom. The zero-order chi connectivity index (χ0) is 20.1. The Hall–Kier alpha value is -3.22. The summed E-state index contributed by atoms with van der Waals surface area (Å²) in [5.74, 6) is 0. The van der Waals surface area contributed by atoms with Crippen molar-refractivity contribution >= 4 is 11.0 Å². The molecule has 4 aromatic rings. The normalized spacial score (nSPS) is 11.9. The van der Waals surface area contributed by atoms with Gasteiger partial charge in [0, 0.05) is 6.20 Å². The maximum absolute atomic E-state index is 13.8. The SMILES string of the molecule is Cc1ccc(-n2nc(C)c3c(C(F)(F)F)cc(-c4ccccn4)nc32)cc1C. The van der Waals surface area contributed by atoms with Gasteiger partial charge in [-0.1, -0.05) is 12.1 Å². The van der Waals surface area contributed by atoms with E-state index in [1.54, 1.807) is 25.1 Å². The van der Waals surface area contributed by atoms with E-state index in [1.807, 2.05) is 32.0 Å². The number of nitrogens with zero attached hydrogens (tertiary/aromatic N) is 4. The molecule has 7 heteroatoms. The maximum atomic E-state index is 13.8. The lowest BCUT2D eigenvalue weighted by Gasteiger charge is -2.12. The first-order valence-corrected chi connectivity index (χ1v) is 8.72. The highest BCUT2D eigenvalue weighted by molar-refractivity contribution is 5.86. The Bertz CT molecular complexity index is 1180. The summed E-state index contributed by atoms with van der Waals surface area (Å²) in [6, 6.07) is 11.7. The number of pyridine rings is 2. The quantitative estimate of drug-likeness (QED) is 0.465. The summed E-state index contributed by atoms with van der Waals surface area (Å²) < 4.78 is 43.0. The van der Waals surface area contributed by atoms with Gasteiger partial charge in [-0.15, -0.1) is 0 Å². The van der Waals surface area contributed by atoms with Crippen LogP contribution in [-0.2, 0) is 6.18 Å². The van der Waals surface area contributed by atoms with Crippen LogP contribution in [0.2, 0.25) is 0 Å². The van der Waals surface area contributed by atoms with Crippen LogP contribution in [0.5, 0.6) is 0 Å². The van der Waals surface area contributed by atoms with Gasteiger partial charge in [0.15, 0.2) is 5.65 Å². The van der Waals surface area contributed by atoms with Gasteiger partial charge < -0.3 is 0 Å². The second-order valence-corrected chi connectivity index (χ2v) is 6.73. The third-order valence-electron chi connectivity index (χ3n) is 4.78. The fraction of sp³-hybridized carbons (Fsp3) is 0.190. The highest BCUT2D eigenvalue weighted by atomic mass is 19.4. The van der Waals surface area contributed by atoms with Gasteiger partial charge in [0.05, 0.1) is 33.7 Å². The highest BCUT2D eigenvalue weighted by Gasteiger charge is 2.36. The van der Waals surface area contributed by atoms with E-state index in [-0.39, 0.29) is 22.4 Å². The van der Waals surface area contributed by atoms with E-state index >= 15 is 0 Å². The van der Waals surface area contributed by atoms with Crippen LogP contribution in [-0.4, -0.2) is 19.7 Å². The molecule has 0 aliphatic heterocycles. The monoisotopic (exact) mass is 382 g/mol. The minimum absolute atomic E-state index is 0.00501. The first-order chi connectivity index (χ1) is 13.3. The molecule has 0 N–H and O–H groups in total. The molecule has 3 heterocycles. The molecule has 0 amide bonds. The van der Waals surface area contributed by atoms with E-state index in [9.17, 15) is 13.2 Å². The lowest BCUT2D eigenvalue weighted by atomic mass is 10.1. The molecule has 0 unspecified atom stereocenters. The predicted octanol–water partition coefficient (Wildman–Crippen LogP) is 5.43. The third kappa shape index (κ3) is 3.02. The van der Waals surface area contributed by atoms with Crippen LogP contribution in [0.25, 0.3) is 28.1 Å². The second kappa shape index (κ2) is 6.44. The van der Waals surface area contributed by atoms with Gasteiger partial charge in [-0.3, -0.25) is 4.98 Å². The number of halogens is 3. The van der Waals surface area contributed by atoms with Crippen molar-refractivity contribution in [3.63, 3.8) is 0 Å². The smallest absolute Gasteiger partial charge is 0.255 e. The first kappa shape index (κ1) is 18.2. The Morgan fingerprint density at radius 3 is 2.32 bits per heavy atom. The van der Waals surface area contributed by atoms with Crippen LogP contribution in [0.4, 0.5) is 13.2 Å². The molecule has 1 aromatic carbocycles. The van der Waals surface area contributed by atoms with Crippen molar-refractivity contribution in [2.24, 2.45) is 0 Å². The van der Waals surface area contributed by atoms with E-state index in [0.717, 1.165) is 17.2 Å². The van der Waals surface area contributed by atoms with Crippen molar-refractivity contribution in [3.8, 4) is 17.1 Å². The second-order valence-electron chi connectivity index (χ2n) is 6.73. The molecular weight excluding hydrogens is 365 g/mol. The van der Waals surface area contributed by atoms with Gasteiger partial charge in [0.25, 0.3) is 0 Å². The highest BCUT2D eigenvalue weighted by Crippen LogP contribution is 2.38. The largest absolute Gasteiger partial charge is 0.417 e. The van der Waals surface area contributed by atoms with Gasteiger partial charge in [0.1, 0.15) is 0 Å². The number of aryl methyl sites for hydroxylation is 3. The standard InChI is InChI=1S/C21H17F3N4/c1-12-7-8-15(10-13(12)2)28-20-19(14(3)27-28)16(21(22,23)24)11-18(26-20)17-6-4-5-9-25-17/h4-11H,1-3H3. The van der Waals surface area contributed by atoms with Gasteiger partial charge in [-0.05, 0) is 62.2 Å². The molecule has 0 bridgehead atoms. The van der Waals surface area contributed by atoms with Gasteiger partial charge >= 0.3 is 6.18 Å². The van der Waals surface area contributed by atoms with Crippen LogP contribution in [0.15, 0.2) is 48.7 Å². The number of aromatic nitrogens is 4. The summed E-state index contributed by atoms with van der Waals surface area (Å²) in [4.78, 5) is 8.66.